The van der Waals surface area contributed by atoms with E-state index in [9.17, 15) is 24.3 Å². The Balaban J connectivity index is 1.58. The standard InChI is InChI=1S/C24H21N3O5S/c1-14(22(29)26-16-8-6-15(7-9-16)21(25)28)33-18-12-10-17(11-13-18)27-23(30)19-4-2-3-5-20(19)24(31)32/h2-14H,1H3,(H2,25,28)(H,26,29)(H,27,30)(H,31,32). The lowest BCUT2D eigenvalue weighted by Crippen LogP contribution is -2.22. The van der Waals surface area contributed by atoms with E-state index in [0.717, 1.165) is 4.90 Å². The fourth-order valence-electron chi connectivity index (χ4n) is 2.90. The molecule has 0 heterocycles. The summed E-state index contributed by atoms with van der Waals surface area (Å²) in [6.07, 6.45) is 0. The van der Waals surface area contributed by atoms with Gasteiger partial charge in [-0.2, -0.15) is 0 Å². The number of primary amides is 1. The van der Waals surface area contributed by atoms with Gasteiger partial charge in [-0.25, -0.2) is 4.79 Å². The van der Waals surface area contributed by atoms with Gasteiger partial charge in [-0.05, 0) is 67.6 Å². The van der Waals surface area contributed by atoms with Crippen molar-refractivity contribution in [2.24, 2.45) is 5.73 Å². The van der Waals surface area contributed by atoms with Gasteiger partial charge in [-0.15, -0.1) is 11.8 Å². The number of nitrogens with two attached hydrogens (primary N) is 1. The molecule has 0 saturated heterocycles. The number of amides is 3. The summed E-state index contributed by atoms with van der Waals surface area (Å²) in [6, 6.07) is 19.1. The Bertz CT molecular complexity index is 1190. The molecule has 3 aromatic rings. The Hall–Kier alpha value is -4.11. The highest BCUT2D eigenvalue weighted by atomic mass is 32.2. The van der Waals surface area contributed by atoms with E-state index in [1.807, 2.05) is 0 Å². The summed E-state index contributed by atoms with van der Waals surface area (Å²) >= 11 is 1.33. The first-order valence-corrected chi connectivity index (χ1v) is 10.7. The first-order valence-electron chi connectivity index (χ1n) is 9.85. The number of rotatable bonds is 8. The second-order valence-corrected chi connectivity index (χ2v) is 8.43. The van der Waals surface area contributed by atoms with Crippen LogP contribution < -0.4 is 16.4 Å². The van der Waals surface area contributed by atoms with Crippen molar-refractivity contribution in [2.45, 2.75) is 17.1 Å². The number of nitrogens with one attached hydrogen (secondary N) is 2. The fourth-order valence-corrected chi connectivity index (χ4v) is 3.77. The van der Waals surface area contributed by atoms with Crippen LogP contribution in [0.3, 0.4) is 0 Å². The average Bonchev–Trinajstić information content (AvgIpc) is 2.80. The fraction of sp³-hybridized carbons (Fsp3) is 0.0833. The molecule has 0 aliphatic rings. The Labute approximate surface area is 194 Å². The topological polar surface area (TPSA) is 139 Å². The Kier molecular flexibility index (Phi) is 7.47. The average molecular weight is 464 g/mol. The SMILES string of the molecule is CC(Sc1ccc(NC(=O)c2ccccc2C(=O)O)cc1)C(=O)Nc1ccc(C(N)=O)cc1. The van der Waals surface area contributed by atoms with Crippen molar-refractivity contribution in [1.82, 2.24) is 0 Å². The van der Waals surface area contributed by atoms with Gasteiger partial charge < -0.3 is 21.5 Å². The number of aromatic carboxylic acids is 1. The first-order chi connectivity index (χ1) is 15.7. The highest BCUT2D eigenvalue weighted by Gasteiger charge is 2.17. The minimum Gasteiger partial charge on any atom is -0.478 e. The first kappa shape index (κ1) is 23.6. The van der Waals surface area contributed by atoms with Gasteiger partial charge in [0.15, 0.2) is 0 Å². The van der Waals surface area contributed by atoms with Gasteiger partial charge in [-0.3, -0.25) is 14.4 Å². The molecule has 0 spiro atoms. The molecule has 5 N–H and O–H groups in total. The summed E-state index contributed by atoms with van der Waals surface area (Å²) in [5.74, 6) is -2.45. The molecule has 8 nitrogen and oxygen atoms in total. The zero-order chi connectivity index (χ0) is 24.0. The number of hydrogen-bond acceptors (Lipinski definition) is 5. The number of carboxylic acid groups (broad SMARTS) is 1. The molecule has 0 aromatic heterocycles. The Morgan fingerprint density at radius 3 is 1.94 bits per heavy atom. The van der Waals surface area contributed by atoms with Gasteiger partial charge in [0.1, 0.15) is 0 Å². The highest BCUT2D eigenvalue weighted by molar-refractivity contribution is 8.00. The third-order valence-electron chi connectivity index (χ3n) is 4.63. The predicted molar refractivity (Wildman–Crippen MR) is 127 cm³/mol. The van der Waals surface area contributed by atoms with Crippen molar-refractivity contribution in [1.29, 1.82) is 0 Å². The maximum absolute atomic E-state index is 12.5. The van der Waals surface area contributed by atoms with E-state index in [2.05, 4.69) is 10.6 Å². The lowest BCUT2D eigenvalue weighted by molar-refractivity contribution is -0.115. The summed E-state index contributed by atoms with van der Waals surface area (Å²) in [4.78, 5) is 48.2. The number of thioether (sulfide) groups is 1. The molecule has 0 radical (unpaired) electrons. The van der Waals surface area contributed by atoms with Gasteiger partial charge in [0, 0.05) is 21.8 Å². The van der Waals surface area contributed by atoms with Gasteiger partial charge in [0.05, 0.1) is 16.4 Å². The molecule has 1 atom stereocenters. The lowest BCUT2D eigenvalue weighted by Gasteiger charge is -2.13. The molecule has 0 aliphatic heterocycles. The molecule has 1 unspecified atom stereocenters. The molecular formula is C24H21N3O5S. The molecule has 0 saturated carbocycles. The number of anilines is 2. The largest absolute Gasteiger partial charge is 0.478 e. The van der Waals surface area contributed by atoms with Crippen LogP contribution in [0.15, 0.2) is 77.7 Å². The van der Waals surface area contributed by atoms with E-state index in [1.54, 1.807) is 55.5 Å². The number of carbonyl (C=O) groups excluding carboxylic acids is 3. The third kappa shape index (κ3) is 6.20. The van der Waals surface area contributed by atoms with Gasteiger partial charge in [-0.1, -0.05) is 12.1 Å². The van der Waals surface area contributed by atoms with Gasteiger partial charge >= 0.3 is 5.97 Å². The minimum atomic E-state index is -1.18. The Morgan fingerprint density at radius 1 is 0.818 bits per heavy atom. The van der Waals surface area contributed by atoms with Crippen LogP contribution in [0, 0.1) is 0 Å². The van der Waals surface area contributed by atoms with Crippen LogP contribution >= 0.6 is 11.8 Å². The van der Waals surface area contributed by atoms with Crippen molar-refractivity contribution in [3.63, 3.8) is 0 Å². The monoisotopic (exact) mass is 463 g/mol. The second kappa shape index (κ2) is 10.5. The summed E-state index contributed by atoms with van der Waals surface area (Å²) in [5.41, 5.74) is 6.60. The highest BCUT2D eigenvalue weighted by Crippen LogP contribution is 2.26. The van der Waals surface area contributed by atoms with Crippen LogP contribution in [0.5, 0.6) is 0 Å². The third-order valence-corrected chi connectivity index (χ3v) is 5.75. The molecule has 168 valence electrons. The molecule has 3 amide bonds. The summed E-state index contributed by atoms with van der Waals surface area (Å²) in [7, 11) is 0. The molecule has 0 bridgehead atoms. The van der Waals surface area contributed by atoms with Crippen LogP contribution in [0.4, 0.5) is 11.4 Å². The summed E-state index contributed by atoms with van der Waals surface area (Å²) in [6.45, 7) is 1.76. The van der Waals surface area contributed by atoms with Gasteiger partial charge in [0.2, 0.25) is 11.8 Å². The maximum atomic E-state index is 12.5. The van der Waals surface area contributed by atoms with Crippen molar-refractivity contribution in [3.05, 3.63) is 89.5 Å². The number of hydrogen-bond donors (Lipinski definition) is 4. The molecule has 33 heavy (non-hydrogen) atoms. The van der Waals surface area contributed by atoms with Crippen LogP contribution in [-0.2, 0) is 4.79 Å². The maximum Gasteiger partial charge on any atom is 0.336 e. The van der Waals surface area contributed by atoms with E-state index < -0.39 is 23.0 Å². The predicted octanol–water partition coefficient (Wildman–Crippen LogP) is 3.86. The Morgan fingerprint density at radius 2 is 1.36 bits per heavy atom. The van der Waals surface area contributed by atoms with E-state index in [4.69, 9.17) is 5.73 Å². The van der Waals surface area contributed by atoms with Crippen LogP contribution in [0.2, 0.25) is 0 Å². The van der Waals surface area contributed by atoms with E-state index in [0.29, 0.717) is 16.9 Å². The smallest absolute Gasteiger partial charge is 0.336 e. The zero-order valence-corrected chi connectivity index (χ0v) is 18.4. The number of carboxylic acids is 1. The number of carbonyl (C=O) groups is 4. The molecule has 3 aromatic carbocycles. The molecule has 3 rings (SSSR count). The molecular weight excluding hydrogens is 442 g/mol. The van der Waals surface area contributed by atoms with Crippen molar-refractivity contribution >= 4 is 46.8 Å². The van der Waals surface area contributed by atoms with Crippen LogP contribution in [0.25, 0.3) is 0 Å². The summed E-state index contributed by atoms with van der Waals surface area (Å²) < 4.78 is 0. The molecule has 9 heteroatoms. The lowest BCUT2D eigenvalue weighted by atomic mass is 10.1. The second-order valence-electron chi connectivity index (χ2n) is 7.02. The van der Waals surface area contributed by atoms with Crippen LogP contribution in [-0.4, -0.2) is 34.0 Å². The number of benzene rings is 3. The van der Waals surface area contributed by atoms with Gasteiger partial charge in [0.25, 0.3) is 5.91 Å². The van der Waals surface area contributed by atoms with Crippen molar-refractivity contribution < 1.29 is 24.3 Å². The summed E-state index contributed by atoms with van der Waals surface area (Å²) in [5, 5.41) is 14.3. The minimum absolute atomic E-state index is 0.0672. The van der Waals surface area contributed by atoms with Crippen molar-refractivity contribution in [3.8, 4) is 0 Å². The molecule has 0 fully saturated rings. The van der Waals surface area contributed by atoms with Crippen LogP contribution in [0.1, 0.15) is 38.0 Å². The quantitative estimate of drug-likeness (QED) is 0.374. The van der Waals surface area contributed by atoms with E-state index in [1.165, 1.54) is 36.0 Å². The van der Waals surface area contributed by atoms with E-state index >= 15 is 0 Å². The van der Waals surface area contributed by atoms with Crippen molar-refractivity contribution in [2.75, 3.05) is 10.6 Å². The normalized spacial score (nSPS) is 11.3. The molecule has 0 aliphatic carbocycles. The zero-order valence-electron chi connectivity index (χ0n) is 17.6. The van der Waals surface area contributed by atoms with E-state index in [-0.39, 0.29) is 17.0 Å².